The van der Waals surface area contributed by atoms with Crippen molar-refractivity contribution >= 4 is 28.8 Å². The molecule has 3 nitrogen and oxygen atoms in total. The number of rotatable bonds is 2. The molecule has 0 aliphatic heterocycles. The number of hydrogen-bond acceptors (Lipinski definition) is 2. The highest BCUT2D eigenvalue weighted by Crippen LogP contribution is 2.32. The second-order valence-electron chi connectivity index (χ2n) is 4.41. The fourth-order valence-electron chi connectivity index (χ4n) is 2.04. The molecule has 92 valence electrons. The molecule has 0 spiro atoms. The van der Waals surface area contributed by atoms with Crippen LogP contribution in [-0.2, 0) is 6.42 Å². The normalized spacial score (nSPS) is 11.7. The highest BCUT2D eigenvalue weighted by molar-refractivity contribution is 6.35. The number of hydrogen-bond donors (Lipinski definition) is 0. The SMILES string of the molecule is CCc1c(C)nn2c(Cl)c(C(C)C)c(Cl)nc12. The Morgan fingerprint density at radius 3 is 2.47 bits per heavy atom. The van der Waals surface area contributed by atoms with Gasteiger partial charge in [0.2, 0.25) is 0 Å². The van der Waals surface area contributed by atoms with Gasteiger partial charge in [-0.25, -0.2) is 9.50 Å². The van der Waals surface area contributed by atoms with Crippen molar-refractivity contribution in [3.8, 4) is 0 Å². The lowest BCUT2D eigenvalue weighted by molar-refractivity contribution is 0.818. The molecule has 2 aromatic rings. The molecule has 0 saturated heterocycles. The minimum Gasteiger partial charge on any atom is -0.216 e. The second kappa shape index (κ2) is 4.46. The summed E-state index contributed by atoms with van der Waals surface area (Å²) in [5.74, 6) is 0.224. The molecule has 0 N–H and O–H groups in total. The minimum atomic E-state index is 0.224. The van der Waals surface area contributed by atoms with Crippen molar-refractivity contribution in [3.63, 3.8) is 0 Å². The monoisotopic (exact) mass is 271 g/mol. The first-order valence-corrected chi connectivity index (χ1v) is 6.46. The first kappa shape index (κ1) is 12.7. The van der Waals surface area contributed by atoms with Gasteiger partial charge in [-0.3, -0.25) is 0 Å². The second-order valence-corrected chi connectivity index (χ2v) is 5.13. The summed E-state index contributed by atoms with van der Waals surface area (Å²) in [5, 5.41) is 5.48. The molecule has 0 fully saturated rings. The van der Waals surface area contributed by atoms with Gasteiger partial charge in [0.25, 0.3) is 0 Å². The Morgan fingerprint density at radius 2 is 1.94 bits per heavy atom. The Hall–Kier alpha value is -0.800. The molecule has 2 aromatic heterocycles. The van der Waals surface area contributed by atoms with Crippen molar-refractivity contribution in [1.29, 1.82) is 0 Å². The van der Waals surface area contributed by atoms with Crippen molar-refractivity contribution in [3.05, 3.63) is 27.1 Å². The van der Waals surface area contributed by atoms with E-state index in [1.54, 1.807) is 4.52 Å². The van der Waals surface area contributed by atoms with Gasteiger partial charge in [-0.15, -0.1) is 0 Å². The zero-order valence-electron chi connectivity index (χ0n) is 10.4. The molecule has 0 aromatic carbocycles. The van der Waals surface area contributed by atoms with E-state index in [9.17, 15) is 0 Å². The standard InChI is InChI=1S/C12H15Cl2N3/c1-5-8-7(4)16-17-11(14)9(6(2)3)10(13)15-12(8)17/h6H,5H2,1-4H3. The van der Waals surface area contributed by atoms with Crippen LogP contribution in [0.2, 0.25) is 10.3 Å². The van der Waals surface area contributed by atoms with Crippen LogP contribution in [0.3, 0.4) is 0 Å². The average Bonchev–Trinajstić information content (AvgIpc) is 2.54. The van der Waals surface area contributed by atoms with E-state index < -0.39 is 0 Å². The molecule has 2 heterocycles. The van der Waals surface area contributed by atoms with Gasteiger partial charge in [0.1, 0.15) is 10.3 Å². The predicted molar refractivity (Wildman–Crippen MR) is 71.2 cm³/mol. The lowest BCUT2D eigenvalue weighted by atomic mass is 10.1. The van der Waals surface area contributed by atoms with Gasteiger partial charge in [-0.1, -0.05) is 44.0 Å². The molecular formula is C12H15Cl2N3. The summed E-state index contributed by atoms with van der Waals surface area (Å²) in [5.41, 5.74) is 3.68. The molecule has 2 rings (SSSR count). The van der Waals surface area contributed by atoms with Crippen LogP contribution in [0.15, 0.2) is 0 Å². The van der Waals surface area contributed by atoms with Crippen molar-refractivity contribution < 1.29 is 0 Å². The average molecular weight is 272 g/mol. The fourth-order valence-corrected chi connectivity index (χ4v) is 2.90. The summed E-state index contributed by atoms with van der Waals surface area (Å²) in [4.78, 5) is 4.43. The maximum absolute atomic E-state index is 6.36. The van der Waals surface area contributed by atoms with Crippen LogP contribution >= 0.6 is 23.2 Å². The maximum atomic E-state index is 6.36. The van der Waals surface area contributed by atoms with E-state index in [1.807, 2.05) is 20.8 Å². The van der Waals surface area contributed by atoms with Crippen LogP contribution in [0.25, 0.3) is 5.65 Å². The lowest BCUT2D eigenvalue weighted by Gasteiger charge is -2.11. The Bertz CT molecular complexity index is 573. The Labute approximate surface area is 111 Å². The van der Waals surface area contributed by atoms with Crippen LogP contribution in [0.1, 0.15) is 43.5 Å². The molecule has 0 atom stereocenters. The largest absolute Gasteiger partial charge is 0.216 e. The number of fused-ring (bicyclic) bond motifs is 1. The molecule has 0 saturated carbocycles. The zero-order valence-corrected chi connectivity index (χ0v) is 11.9. The number of aromatic nitrogens is 3. The zero-order chi connectivity index (χ0) is 12.7. The summed E-state index contributed by atoms with van der Waals surface area (Å²) in [7, 11) is 0. The minimum absolute atomic E-state index is 0.224. The molecular weight excluding hydrogens is 257 g/mol. The quantitative estimate of drug-likeness (QED) is 0.772. The van der Waals surface area contributed by atoms with E-state index in [-0.39, 0.29) is 5.92 Å². The van der Waals surface area contributed by atoms with E-state index in [1.165, 1.54) is 0 Å². The van der Waals surface area contributed by atoms with Gasteiger partial charge in [0, 0.05) is 11.1 Å². The third kappa shape index (κ3) is 1.91. The Morgan fingerprint density at radius 1 is 1.29 bits per heavy atom. The maximum Gasteiger partial charge on any atom is 0.161 e. The van der Waals surface area contributed by atoms with E-state index in [2.05, 4.69) is 17.0 Å². The molecule has 0 radical (unpaired) electrons. The van der Waals surface area contributed by atoms with Crippen LogP contribution in [0, 0.1) is 6.92 Å². The summed E-state index contributed by atoms with van der Waals surface area (Å²) < 4.78 is 1.69. The summed E-state index contributed by atoms with van der Waals surface area (Å²) in [6.45, 7) is 8.12. The van der Waals surface area contributed by atoms with E-state index in [0.717, 1.165) is 28.9 Å². The molecule has 17 heavy (non-hydrogen) atoms. The van der Waals surface area contributed by atoms with E-state index >= 15 is 0 Å². The van der Waals surface area contributed by atoms with Gasteiger partial charge in [0.05, 0.1) is 5.69 Å². The topological polar surface area (TPSA) is 30.2 Å². The van der Waals surface area contributed by atoms with Gasteiger partial charge < -0.3 is 0 Å². The molecule has 0 aliphatic carbocycles. The van der Waals surface area contributed by atoms with Crippen molar-refractivity contribution in [2.45, 2.75) is 40.0 Å². The summed E-state index contributed by atoms with van der Waals surface area (Å²) in [6, 6.07) is 0. The molecule has 0 bridgehead atoms. The number of nitrogens with zero attached hydrogens (tertiary/aromatic N) is 3. The van der Waals surface area contributed by atoms with Gasteiger partial charge in [-0.05, 0) is 19.3 Å². The van der Waals surface area contributed by atoms with Gasteiger partial charge >= 0.3 is 0 Å². The van der Waals surface area contributed by atoms with E-state index in [0.29, 0.717) is 10.3 Å². The third-order valence-corrected chi connectivity index (χ3v) is 3.57. The Balaban J connectivity index is 2.86. The van der Waals surface area contributed by atoms with Crippen LogP contribution < -0.4 is 0 Å². The van der Waals surface area contributed by atoms with Gasteiger partial charge in [-0.2, -0.15) is 5.10 Å². The fraction of sp³-hybridized carbons (Fsp3) is 0.500. The first-order chi connectivity index (χ1) is 7.97. The summed E-state index contributed by atoms with van der Waals surface area (Å²) in [6.07, 6.45) is 0.871. The molecule has 0 amide bonds. The Kier molecular flexibility index (Phi) is 3.32. The lowest BCUT2D eigenvalue weighted by Crippen LogP contribution is -2.02. The van der Waals surface area contributed by atoms with Gasteiger partial charge in [0.15, 0.2) is 5.65 Å². The van der Waals surface area contributed by atoms with Crippen LogP contribution in [0.5, 0.6) is 0 Å². The van der Waals surface area contributed by atoms with Crippen LogP contribution in [0.4, 0.5) is 0 Å². The van der Waals surface area contributed by atoms with Crippen molar-refractivity contribution in [2.24, 2.45) is 0 Å². The molecule has 0 unspecified atom stereocenters. The van der Waals surface area contributed by atoms with Crippen molar-refractivity contribution in [2.75, 3.05) is 0 Å². The molecule has 0 aliphatic rings. The highest BCUT2D eigenvalue weighted by Gasteiger charge is 2.19. The highest BCUT2D eigenvalue weighted by atomic mass is 35.5. The predicted octanol–water partition coefficient (Wildman–Crippen LogP) is 4.03. The summed E-state index contributed by atoms with van der Waals surface area (Å²) >= 11 is 12.6. The smallest absolute Gasteiger partial charge is 0.161 e. The van der Waals surface area contributed by atoms with Crippen LogP contribution in [-0.4, -0.2) is 14.6 Å². The number of halogens is 2. The van der Waals surface area contributed by atoms with E-state index in [4.69, 9.17) is 23.2 Å². The first-order valence-electron chi connectivity index (χ1n) is 5.70. The third-order valence-electron chi connectivity index (χ3n) is 2.92. The van der Waals surface area contributed by atoms with Crippen molar-refractivity contribution in [1.82, 2.24) is 14.6 Å². The molecule has 5 heteroatoms. The number of aryl methyl sites for hydroxylation is 2.